The van der Waals surface area contributed by atoms with Gasteiger partial charge in [-0.15, -0.1) is 0 Å². The summed E-state index contributed by atoms with van der Waals surface area (Å²) in [5, 5.41) is 13.4. The highest BCUT2D eigenvalue weighted by molar-refractivity contribution is 6.34. The summed E-state index contributed by atoms with van der Waals surface area (Å²) in [5.41, 5.74) is 0.955. The lowest BCUT2D eigenvalue weighted by Crippen LogP contribution is -2.29. The Balaban J connectivity index is 2.06. The monoisotopic (exact) mass is 334 g/mol. The summed E-state index contributed by atoms with van der Waals surface area (Å²) >= 11 is 5.94. The molecule has 120 valence electrons. The number of ether oxygens (including phenoxy) is 1. The van der Waals surface area contributed by atoms with Gasteiger partial charge in [0.05, 0.1) is 21.6 Å². The summed E-state index contributed by atoms with van der Waals surface area (Å²) in [5.74, 6) is -0.414. The van der Waals surface area contributed by atoms with Gasteiger partial charge < -0.3 is 10.1 Å². The van der Waals surface area contributed by atoms with Crippen molar-refractivity contribution in [1.82, 2.24) is 5.32 Å². The lowest BCUT2D eigenvalue weighted by atomic mass is 10.1. The number of amides is 1. The maximum atomic E-state index is 12.2. The molecular weight excluding hydrogens is 320 g/mol. The number of benzene rings is 2. The van der Waals surface area contributed by atoms with E-state index in [1.54, 1.807) is 7.11 Å². The van der Waals surface area contributed by atoms with E-state index >= 15 is 0 Å². The van der Waals surface area contributed by atoms with Gasteiger partial charge in [-0.2, -0.15) is 0 Å². The van der Waals surface area contributed by atoms with Gasteiger partial charge in [0.15, 0.2) is 0 Å². The van der Waals surface area contributed by atoms with Crippen LogP contribution < -0.4 is 5.32 Å². The maximum Gasteiger partial charge on any atom is 0.270 e. The zero-order chi connectivity index (χ0) is 16.8. The minimum atomic E-state index is -0.566. The first kappa shape index (κ1) is 16.9. The number of methoxy groups -OCH3 is 1. The molecule has 1 N–H and O–H groups in total. The van der Waals surface area contributed by atoms with E-state index in [1.165, 1.54) is 12.1 Å². The van der Waals surface area contributed by atoms with E-state index < -0.39 is 10.8 Å². The van der Waals surface area contributed by atoms with Gasteiger partial charge in [-0.1, -0.05) is 41.9 Å². The van der Waals surface area contributed by atoms with Gasteiger partial charge in [-0.3, -0.25) is 14.9 Å². The molecule has 1 atom stereocenters. The van der Waals surface area contributed by atoms with Crippen LogP contribution in [0.1, 0.15) is 22.0 Å². The van der Waals surface area contributed by atoms with Gasteiger partial charge in [0, 0.05) is 25.8 Å². The molecule has 6 nitrogen and oxygen atoms in total. The van der Waals surface area contributed by atoms with Crippen molar-refractivity contribution in [2.75, 3.05) is 13.7 Å². The average Bonchev–Trinajstić information content (AvgIpc) is 2.56. The van der Waals surface area contributed by atoms with Crippen molar-refractivity contribution in [2.24, 2.45) is 0 Å². The van der Waals surface area contributed by atoms with Crippen LogP contribution >= 0.6 is 11.6 Å². The van der Waals surface area contributed by atoms with Crippen LogP contribution in [-0.2, 0) is 4.74 Å². The van der Waals surface area contributed by atoms with Gasteiger partial charge in [-0.05, 0) is 11.6 Å². The van der Waals surface area contributed by atoms with Crippen molar-refractivity contribution in [2.45, 2.75) is 6.10 Å². The minimum absolute atomic E-state index is 0.0328. The van der Waals surface area contributed by atoms with E-state index in [4.69, 9.17) is 16.3 Å². The summed E-state index contributed by atoms with van der Waals surface area (Å²) < 4.78 is 5.37. The molecule has 0 aliphatic heterocycles. The van der Waals surface area contributed by atoms with Gasteiger partial charge in [0.25, 0.3) is 11.6 Å². The number of nitrogens with one attached hydrogen (secondary N) is 1. The third kappa shape index (κ3) is 4.28. The molecule has 0 fully saturated rings. The zero-order valence-corrected chi connectivity index (χ0v) is 13.1. The van der Waals surface area contributed by atoms with Crippen molar-refractivity contribution in [3.63, 3.8) is 0 Å². The highest BCUT2D eigenvalue weighted by atomic mass is 35.5. The molecule has 1 unspecified atom stereocenters. The number of rotatable bonds is 6. The lowest BCUT2D eigenvalue weighted by Gasteiger charge is -2.16. The fraction of sp³-hybridized carbons (Fsp3) is 0.188. The first-order chi connectivity index (χ1) is 11.0. The number of halogens is 1. The second-order valence-electron chi connectivity index (χ2n) is 4.77. The molecule has 2 aromatic rings. The van der Waals surface area contributed by atoms with E-state index in [1.807, 2.05) is 30.3 Å². The molecule has 0 aliphatic carbocycles. The van der Waals surface area contributed by atoms with Crippen molar-refractivity contribution in [3.8, 4) is 0 Å². The average molecular weight is 335 g/mol. The Hall–Kier alpha value is -2.44. The molecular formula is C16H15ClN2O4. The number of carbonyl (C=O) groups is 1. The van der Waals surface area contributed by atoms with Gasteiger partial charge in [0.2, 0.25) is 0 Å². The predicted molar refractivity (Wildman–Crippen MR) is 86.6 cm³/mol. The largest absolute Gasteiger partial charge is 0.375 e. The lowest BCUT2D eigenvalue weighted by molar-refractivity contribution is -0.384. The van der Waals surface area contributed by atoms with Gasteiger partial charge in [-0.25, -0.2) is 0 Å². The Morgan fingerprint density at radius 1 is 1.30 bits per heavy atom. The number of hydrogen-bond acceptors (Lipinski definition) is 4. The first-order valence-electron chi connectivity index (χ1n) is 6.83. The van der Waals surface area contributed by atoms with E-state index in [0.717, 1.165) is 11.6 Å². The third-order valence-electron chi connectivity index (χ3n) is 3.31. The highest BCUT2D eigenvalue weighted by Crippen LogP contribution is 2.22. The highest BCUT2D eigenvalue weighted by Gasteiger charge is 2.17. The van der Waals surface area contributed by atoms with E-state index in [2.05, 4.69) is 5.32 Å². The normalized spacial score (nSPS) is 11.7. The Bertz CT molecular complexity index is 706. The molecule has 7 heteroatoms. The second-order valence-corrected chi connectivity index (χ2v) is 5.17. The Kier molecular flexibility index (Phi) is 5.67. The van der Waals surface area contributed by atoms with Gasteiger partial charge >= 0.3 is 0 Å². The topological polar surface area (TPSA) is 81.5 Å². The minimum Gasteiger partial charge on any atom is -0.375 e. The van der Waals surface area contributed by atoms with Crippen LogP contribution in [0.15, 0.2) is 48.5 Å². The molecule has 0 radical (unpaired) electrons. The number of hydrogen-bond donors (Lipinski definition) is 1. The molecule has 2 rings (SSSR count). The van der Waals surface area contributed by atoms with Crippen molar-refractivity contribution in [3.05, 3.63) is 74.8 Å². The number of nitro benzene ring substituents is 1. The van der Waals surface area contributed by atoms with Crippen molar-refractivity contribution in [1.29, 1.82) is 0 Å². The van der Waals surface area contributed by atoms with Crippen LogP contribution in [0.4, 0.5) is 5.69 Å². The van der Waals surface area contributed by atoms with Crippen molar-refractivity contribution >= 4 is 23.2 Å². The summed E-state index contributed by atoms with van der Waals surface area (Å²) in [6.45, 7) is 0.257. The Labute approximate surface area is 138 Å². The van der Waals surface area contributed by atoms with Crippen LogP contribution in [0.2, 0.25) is 5.02 Å². The van der Waals surface area contributed by atoms with Crippen LogP contribution in [0.3, 0.4) is 0 Å². The number of nitro groups is 1. The number of non-ortho nitro benzene ring substituents is 1. The maximum absolute atomic E-state index is 12.2. The van der Waals surface area contributed by atoms with Crippen LogP contribution in [0.5, 0.6) is 0 Å². The van der Waals surface area contributed by atoms with E-state index in [9.17, 15) is 14.9 Å². The van der Waals surface area contributed by atoms with E-state index in [-0.39, 0.29) is 28.9 Å². The molecule has 0 heterocycles. The standard InChI is InChI=1S/C16H15ClN2O4/c1-23-15(11-5-3-2-4-6-11)10-18-16(20)13-8-7-12(19(21)22)9-14(13)17/h2-9,15H,10H2,1H3,(H,18,20). The number of carbonyl (C=O) groups excluding carboxylic acids is 1. The SMILES string of the molecule is COC(CNC(=O)c1ccc([N+](=O)[O-])cc1Cl)c1ccccc1. The second kappa shape index (κ2) is 7.71. The van der Waals surface area contributed by atoms with Crippen LogP contribution in [-0.4, -0.2) is 24.5 Å². The van der Waals surface area contributed by atoms with Crippen LogP contribution in [0.25, 0.3) is 0 Å². The molecule has 0 spiro atoms. The van der Waals surface area contributed by atoms with Gasteiger partial charge in [0.1, 0.15) is 0 Å². The molecule has 0 aromatic heterocycles. The summed E-state index contributed by atoms with van der Waals surface area (Å²) in [6.07, 6.45) is -0.294. The summed E-state index contributed by atoms with van der Waals surface area (Å²) in [4.78, 5) is 22.3. The smallest absolute Gasteiger partial charge is 0.270 e. The van der Waals surface area contributed by atoms with Crippen molar-refractivity contribution < 1.29 is 14.5 Å². The molecule has 0 saturated heterocycles. The summed E-state index contributed by atoms with van der Waals surface area (Å²) in [7, 11) is 1.56. The quantitative estimate of drug-likeness (QED) is 0.648. The molecule has 2 aromatic carbocycles. The third-order valence-corrected chi connectivity index (χ3v) is 3.62. The predicted octanol–water partition coefficient (Wildman–Crippen LogP) is 3.37. The summed E-state index contributed by atoms with van der Waals surface area (Å²) in [6, 6.07) is 13.2. The fourth-order valence-electron chi connectivity index (χ4n) is 2.09. The molecule has 23 heavy (non-hydrogen) atoms. The molecule has 0 bridgehead atoms. The fourth-order valence-corrected chi connectivity index (χ4v) is 2.35. The Morgan fingerprint density at radius 3 is 2.57 bits per heavy atom. The molecule has 1 amide bonds. The van der Waals surface area contributed by atoms with E-state index in [0.29, 0.717) is 0 Å². The number of nitrogens with zero attached hydrogens (tertiary/aromatic N) is 1. The first-order valence-corrected chi connectivity index (χ1v) is 7.20. The zero-order valence-electron chi connectivity index (χ0n) is 12.4. The Morgan fingerprint density at radius 2 is 2.00 bits per heavy atom. The molecule has 0 saturated carbocycles. The molecule has 0 aliphatic rings. The van der Waals surface area contributed by atoms with Crippen LogP contribution in [0, 0.1) is 10.1 Å².